The summed E-state index contributed by atoms with van der Waals surface area (Å²) < 4.78 is 12.8. The van der Waals surface area contributed by atoms with Crippen molar-refractivity contribution in [2.75, 3.05) is 17.3 Å². The normalized spacial score (nSPS) is 14.6. The Kier molecular flexibility index (Phi) is 6.55. The van der Waals surface area contributed by atoms with E-state index in [1.165, 1.54) is 18.7 Å². The number of thioether (sulfide) groups is 1. The van der Waals surface area contributed by atoms with E-state index in [9.17, 15) is 4.79 Å². The number of rotatable bonds is 6. The number of nitrogens with zero attached hydrogens (tertiary/aromatic N) is 4. The number of hydrogen-bond acceptors (Lipinski definition) is 7. The van der Waals surface area contributed by atoms with E-state index in [-0.39, 0.29) is 5.91 Å². The highest BCUT2D eigenvalue weighted by atomic mass is 32.2. The van der Waals surface area contributed by atoms with Gasteiger partial charge in [0.25, 0.3) is 0 Å². The minimum absolute atomic E-state index is 0.166. The largest absolute Gasteiger partial charge is 0.493 e. The molecule has 5 rings (SSSR count). The van der Waals surface area contributed by atoms with Gasteiger partial charge in [-0.15, -0.1) is 10.2 Å². The van der Waals surface area contributed by atoms with Crippen molar-refractivity contribution in [3.05, 3.63) is 66.2 Å². The van der Waals surface area contributed by atoms with Gasteiger partial charge >= 0.3 is 0 Å². The minimum atomic E-state index is -0.816. The third-order valence-electron chi connectivity index (χ3n) is 5.76. The number of carbonyl (C=O) groups excluding carboxylic acids is 1. The average Bonchev–Trinajstić information content (AvgIpc) is 3.01. The van der Waals surface area contributed by atoms with Gasteiger partial charge in [0, 0.05) is 12.5 Å². The summed E-state index contributed by atoms with van der Waals surface area (Å²) in [5.41, 5.74) is 2.71. The predicted molar refractivity (Wildman–Crippen MR) is 138 cm³/mol. The molecule has 35 heavy (non-hydrogen) atoms. The maximum atomic E-state index is 13.2. The third-order valence-corrected chi connectivity index (χ3v) is 6.48. The molecular formula is C27H26N4O3S. The number of fused-ring (bicyclic) bond motifs is 4. The second-order valence-electron chi connectivity index (χ2n) is 8.10. The van der Waals surface area contributed by atoms with Gasteiger partial charge in [0.2, 0.25) is 23.2 Å². The molecule has 178 valence electrons. The molecule has 3 aromatic carbocycles. The Morgan fingerprint density at radius 1 is 1.06 bits per heavy atom. The standard InChI is InChI=1S/C27H26N4O3S/c1-4-16-33-22-15-14-18-10-6-7-11-19(18)23(22)26-31(17(3)32)21-13-9-8-12-20(21)24-25(34-26)28-27(30-29-24)35-5-2/h6-15,26H,4-5,16H2,1-3H3. The van der Waals surface area contributed by atoms with Gasteiger partial charge in [0.15, 0.2) is 5.69 Å². The quantitative estimate of drug-likeness (QED) is 0.308. The number of benzene rings is 3. The number of anilines is 1. The molecule has 0 aliphatic carbocycles. The Bertz CT molecular complexity index is 1390. The molecule has 2 heterocycles. The molecule has 1 unspecified atom stereocenters. The van der Waals surface area contributed by atoms with Crippen LogP contribution in [0.2, 0.25) is 0 Å². The summed E-state index contributed by atoms with van der Waals surface area (Å²) in [5.74, 6) is 1.65. The summed E-state index contributed by atoms with van der Waals surface area (Å²) in [6, 6.07) is 19.6. The fourth-order valence-electron chi connectivity index (χ4n) is 4.30. The van der Waals surface area contributed by atoms with Crippen LogP contribution in [0.15, 0.2) is 65.8 Å². The highest BCUT2D eigenvalue weighted by molar-refractivity contribution is 7.99. The van der Waals surface area contributed by atoms with Crippen LogP contribution in [0.5, 0.6) is 11.6 Å². The van der Waals surface area contributed by atoms with Crippen LogP contribution in [-0.4, -0.2) is 33.4 Å². The Morgan fingerprint density at radius 3 is 2.66 bits per heavy atom. The molecule has 0 fully saturated rings. The molecule has 1 aliphatic rings. The minimum Gasteiger partial charge on any atom is -0.493 e. The Hall–Kier alpha value is -3.65. The third kappa shape index (κ3) is 4.30. The maximum Gasteiger partial charge on any atom is 0.247 e. The van der Waals surface area contributed by atoms with Crippen molar-refractivity contribution in [2.24, 2.45) is 0 Å². The molecule has 1 aliphatic heterocycles. The first-order valence-electron chi connectivity index (χ1n) is 11.7. The van der Waals surface area contributed by atoms with E-state index in [0.717, 1.165) is 34.1 Å². The van der Waals surface area contributed by atoms with Gasteiger partial charge in [-0.05, 0) is 35.1 Å². The van der Waals surface area contributed by atoms with Gasteiger partial charge in [-0.25, -0.2) is 0 Å². The maximum absolute atomic E-state index is 13.2. The number of para-hydroxylation sites is 1. The topological polar surface area (TPSA) is 77.4 Å². The molecule has 0 bridgehead atoms. The van der Waals surface area contributed by atoms with Crippen LogP contribution in [-0.2, 0) is 4.79 Å². The van der Waals surface area contributed by atoms with Crippen molar-refractivity contribution in [1.82, 2.24) is 15.2 Å². The lowest BCUT2D eigenvalue weighted by Gasteiger charge is -2.31. The van der Waals surface area contributed by atoms with Crippen LogP contribution in [0.3, 0.4) is 0 Å². The van der Waals surface area contributed by atoms with Crippen molar-refractivity contribution < 1.29 is 14.3 Å². The Balaban J connectivity index is 1.80. The van der Waals surface area contributed by atoms with Crippen molar-refractivity contribution in [1.29, 1.82) is 0 Å². The molecule has 0 N–H and O–H groups in total. The molecule has 8 heteroatoms. The SMILES string of the molecule is CCCOc1ccc2ccccc2c1C1Oc2nc(SCC)nnc2-c2ccccc2N1C(C)=O. The number of aromatic nitrogens is 3. The van der Waals surface area contributed by atoms with Crippen molar-refractivity contribution >= 4 is 34.1 Å². The van der Waals surface area contributed by atoms with Gasteiger partial charge < -0.3 is 9.47 Å². The van der Waals surface area contributed by atoms with Crippen molar-refractivity contribution in [2.45, 2.75) is 38.6 Å². The smallest absolute Gasteiger partial charge is 0.247 e. The van der Waals surface area contributed by atoms with E-state index in [1.54, 1.807) is 4.90 Å². The van der Waals surface area contributed by atoms with Crippen molar-refractivity contribution in [3.8, 4) is 22.9 Å². The van der Waals surface area contributed by atoms with Gasteiger partial charge in [0.1, 0.15) is 5.75 Å². The highest BCUT2D eigenvalue weighted by Crippen LogP contribution is 2.46. The molecule has 0 spiro atoms. The van der Waals surface area contributed by atoms with Gasteiger partial charge in [0.05, 0.1) is 17.9 Å². The Labute approximate surface area is 208 Å². The van der Waals surface area contributed by atoms with Crippen LogP contribution >= 0.6 is 11.8 Å². The van der Waals surface area contributed by atoms with E-state index >= 15 is 0 Å². The van der Waals surface area contributed by atoms with E-state index in [4.69, 9.17) is 14.5 Å². The molecule has 4 aromatic rings. The second-order valence-corrected chi connectivity index (χ2v) is 9.34. The molecule has 1 atom stereocenters. The lowest BCUT2D eigenvalue weighted by molar-refractivity contribution is -0.118. The summed E-state index contributed by atoms with van der Waals surface area (Å²) in [6.07, 6.45) is 0.0401. The zero-order valence-electron chi connectivity index (χ0n) is 19.9. The lowest BCUT2D eigenvalue weighted by Crippen LogP contribution is -2.36. The number of carbonyl (C=O) groups is 1. The fourth-order valence-corrected chi connectivity index (χ4v) is 4.80. The van der Waals surface area contributed by atoms with Crippen LogP contribution in [0.4, 0.5) is 5.69 Å². The van der Waals surface area contributed by atoms with Gasteiger partial charge in [-0.2, -0.15) is 4.98 Å². The predicted octanol–water partition coefficient (Wildman–Crippen LogP) is 6.04. The fraction of sp³-hybridized carbons (Fsp3) is 0.259. The van der Waals surface area contributed by atoms with E-state index in [2.05, 4.69) is 17.1 Å². The zero-order chi connectivity index (χ0) is 24.4. The Morgan fingerprint density at radius 2 is 1.86 bits per heavy atom. The molecule has 7 nitrogen and oxygen atoms in total. The second kappa shape index (κ2) is 9.92. The van der Waals surface area contributed by atoms with E-state index in [1.807, 2.05) is 67.6 Å². The lowest BCUT2D eigenvalue weighted by atomic mass is 10.0. The summed E-state index contributed by atoms with van der Waals surface area (Å²) in [6.45, 7) is 6.18. The molecule has 0 saturated heterocycles. The molecule has 0 radical (unpaired) electrons. The first-order valence-corrected chi connectivity index (χ1v) is 12.7. The summed E-state index contributed by atoms with van der Waals surface area (Å²) in [5, 5.41) is 11.3. The van der Waals surface area contributed by atoms with Crippen LogP contribution in [0.1, 0.15) is 39.0 Å². The van der Waals surface area contributed by atoms with Crippen molar-refractivity contribution in [3.63, 3.8) is 0 Å². The van der Waals surface area contributed by atoms with Gasteiger partial charge in [-0.1, -0.05) is 74.1 Å². The molecule has 1 amide bonds. The number of amides is 1. The van der Waals surface area contributed by atoms with Crippen LogP contribution < -0.4 is 14.4 Å². The average molecular weight is 487 g/mol. The molecule has 0 saturated carbocycles. The summed E-state index contributed by atoms with van der Waals surface area (Å²) >= 11 is 1.49. The molecule has 1 aromatic heterocycles. The van der Waals surface area contributed by atoms with E-state index in [0.29, 0.717) is 34.8 Å². The van der Waals surface area contributed by atoms with Crippen LogP contribution in [0.25, 0.3) is 22.0 Å². The highest BCUT2D eigenvalue weighted by Gasteiger charge is 2.37. The monoisotopic (exact) mass is 486 g/mol. The van der Waals surface area contributed by atoms with E-state index < -0.39 is 6.23 Å². The summed E-state index contributed by atoms with van der Waals surface area (Å²) in [4.78, 5) is 19.6. The number of ether oxygens (including phenoxy) is 2. The number of hydrogen-bond donors (Lipinski definition) is 0. The molecular weight excluding hydrogens is 460 g/mol. The first-order chi connectivity index (χ1) is 17.1. The zero-order valence-corrected chi connectivity index (χ0v) is 20.7. The van der Waals surface area contributed by atoms with Crippen LogP contribution in [0, 0.1) is 0 Å². The van der Waals surface area contributed by atoms with Gasteiger partial charge in [-0.3, -0.25) is 9.69 Å². The summed E-state index contributed by atoms with van der Waals surface area (Å²) in [7, 11) is 0. The first kappa shape index (κ1) is 23.1.